The van der Waals surface area contributed by atoms with Gasteiger partial charge in [-0.25, -0.2) is 0 Å². The lowest BCUT2D eigenvalue weighted by atomic mass is 10.2. The van der Waals surface area contributed by atoms with Gasteiger partial charge >= 0.3 is 0 Å². The third kappa shape index (κ3) is 4.18. The fourth-order valence-corrected chi connectivity index (χ4v) is 1.18. The van der Waals surface area contributed by atoms with E-state index in [1.165, 1.54) is 37.1 Å². The predicted molar refractivity (Wildman–Crippen MR) is 58.5 cm³/mol. The molecule has 0 spiro atoms. The average molecular weight is 223 g/mol. The Morgan fingerprint density at radius 2 is 1.75 bits per heavy atom. The first kappa shape index (κ1) is 12.3. The molecule has 5 nitrogen and oxygen atoms in total. The number of non-ortho nitro benzene ring substituents is 1. The molecule has 0 aromatic heterocycles. The van der Waals surface area contributed by atoms with E-state index in [-0.39, 0.29) is 5.69 Å². The molecule has 2 rings (SSSR count). The zero-order valence-electron chi connectivity index (χ0n) is 8.80. The zero-order chi connectivity index (χ0) is 11.8. The molecule has 0 amide bonds. The third-order valence-corrected chi connectivity index (χ3v) is 2.07. The monoisotopic (exact) mass is 223 g/mol. The van der Waals surface area contributed by atoms with Gasteiger partial charge in [-0.15, -0.1) is 0 Å². The van der Waals surface area contributed by atoms with Crippen molar-refractivity contribution in [3.05, 3.63) is 39.9 Å². The first-order valence-electron chi connectivity index (χ1n) is 5.01. The number of hydrogen-bond donors (Lipinski definition) is 0. The molecule has 0 saturated carbocycles. The van der Waals surface area contributed by atoms with E-state index < -0.39 is 4.92 Å². The maximum Gasteiger partial charge on any atom is 0.269 e. The van der Waals surface area contributed by atoms with E-state index in [1.54, 1.807) is 0 Å². The minimum atomic E-state index is -0.505. The quantitative estimate of drug-likeness (QED) is 0.438. The molecule has 86 valence electrons. The Kier molecular flexibility index (Phi) is 5.15. The van der Waals surface area contributed by atoms with Crippen molar-refractivity contribution in [2.75, 3.05) is 13.2 Å². The Labute approximate surface area is 93.2 Å². The van der Waals surface area contributed by atoms with E-state index in [0.29, 0.717) is 11.8 Å². The molecule has 5 heteroatoms. The van der Waals surface area contributed by atoms with Crippen molar-refractivity contribution in [1.82, 2.24) is 0 Å². The first-order valence-corrected chi connectivity index (χ1v) is 5.01. The second-order valence-corrected chi connectivity index (χ2v) is 3.29. The van der Waals surface area contributed by atoms with Crippen LogP contribution in [-0.4, -0.2) is 24.4 Å². The molecule has 1 fully saturated rings. The lowest BCUT2D eigenvalue weighted by molar-refractivity contribution is -0.384. The summed E-state index contributed by atoms with van der Waals surface area (Å²) in [7, 11) is 0. The van der Waals surface area contributed by atoms with Gasteiger partial charge in [-0.3, -0.25) is 14.9 Å². The van der Waals surface area contributed by atoms with Gasteiger partial charge in [0.1, 0.15) is 6.29 Å². The summed E-state index contributed by atoms with van der Waals surface area (Å²) in [6.45, 7) is 2.00. The summed E-state index contributed by atoms with van der Waals surface area (Å²) >= 11 is 0. The molecular weight excluding hydrogens is 210 g/mol. The van der Waals surface area contributed by atoms with Gasteiger partial charge in [0.15, 0.2) is 0 Å². The van der Waals surface area contributed by atoms with Crippen molar-refractivity contribution in [2.24, 2.45) is 0 Å². The molecule has 1 aromatic rings. The summed E-state index contributed by atoms with van der Waals surface area (Å²) in [4.78, 5) is 19.7. The van der Waals surface area contributed by atoms with E-state index in [2.05, 4.69) is 0 Å². The van der Waals surface area contributed by atoms with Crippen molar-refractivity contribution in [3.63, 3.8) is 0 Å². The van der Waals surface area contributed by atoms with Gasteiger partial charge in [-0.2, -0.15) is 0 Å². The predicted octanol–water partition coefficient (Wildman–Crippen LogP) is 2.20. The summed E-state index contributed by atoms with van der Waals surface area (Å²) in [5.74, 6) is 0. The molecule has 0 unspecified atom stereocenters. The molecule has 0 N–H and O–H groups in total. The highest BCUT2D eigenvalue weighted by Crippen LogP contribution is 2.09. The Morgan fingerprint density at radius 1 is 1.19 bits per heavy atom. The van der Waals surface area contributed by atoms with Gasteiger partial charge in [0.2, 0.25) is 0 Å². The number of ether oxygens (including phenoxy) is 1. The van der Waals surface area contributed by atoms with Crippen LogP contribution in [0.5, 0.6) is 0 Å². The summed E-state index contributed by atoms with van der Waals surface area (Å²) in [5.41, 5.74) is 0.436. The average Bonchev–Trinajstić information content (AvgIpc) is 2.88. The van der Waals surface area contributed by atoms with E-state index >= 15 is 0 Å². The Balaban J connectivity index is 0.000000212. The molecule has 0 atom stereocenters. The highest BCUT2D eigenvalue weighted by molar-refractivity contribution is 5.75. The number of benzene rings is 1. The van der Waals surface area contributed by atoms with Crippen LogP contribution in [0.1, 0.15) is 23.2 Å². The van der Waals surface area contributed by atoms with Crippen molar-refractivity contribution < 1.29 is 14.5 Å². The highest BCUT2D eigenvalue weighted by atomic mass is 16.6. The van der Waals surface area contributed by atoms with Crippen LogP contribution in [0.4, 0.5) is 5.69 Å². The molecule has 1 heterocycles. The SMILES string of the molecule is C1CCOC1.O=Cc1ccc([N+](=O)[O-])cc1. The molecule has 0 radical (unpaired) electrons. The second kappa shape index (κ2) is 6.68. The lowest BCUT2D eigenvalue weighted by Gasteiger charge is -1.89. The fourth-order valence-electron chi connectivity index (χ4n) is 1.18. The van der Waals surface area contributed by atoms with Gasteiger partial charge in [-0.05, 0) is 25.0 Å². The maximum atomic E-state index is 10.1. The summed E-state index contributed by atoms with van der Waals surface area (Å²) in [5, 5.41) is 10.1. The molecule has 0 aliphatic carbocycles. The zero-order valence-corrected chi connectivity index (χ0v) is 8.80. The van der Waals surface area contributed by atoms with Crippen molar-refractivity contribution in [2.45, 2.75) is 12.8 Å². The molecule has 1 saturated heterocycles. The molecular formula is C11H13NO4. The smallest absolute Gasteiger partial charge is 0.269 e. The van der Waals surface area contributed by atoms with Gasteiger partial charge in [-0.1, -0.05) is 0 Å². The van der Waals surface area contributed by atoms with E-state index in [4.69, 9.17) is 4.74 Å². The topological polar surface area (TPSA) is 69.4 Å². The minimum absolute atomic E-state index is 0.00407. The van der Waals surface area contributed by atoms with Crippen LogP contribution in [0, 0.1) is 10.1 Å². The standard InChI is InChI=1S/C7H5NO3.C4H8O/c9-5-6-1-3-7(4-2-6)8(10)11;1-2-4-5-3-1/h1-5H;1-4H2. The second-order valence-electron chi connectivity index (χ2n) is 3.29. The van der Waals surface area contributed by atoms with Crippen molar-refractivity contribution in [1.29, 1.82) is 0 Å². The fraction of sp³-hybridized carbons (Fsp3) is 0.364. The number of carbonyl (C=O) groups is 1. The number of rotatable bonds is 2. The molecule has 1 aliphatic heterocycles. The molecule has 16 heavy (non-hydrogen) atoms. The Bertz CT molecular complexity index is 336. The van der Waals surface area contributed by atoms with Gasteiger partial charge in [0, 0.05) is 30.9 Å². The van der Waals surface area contributed by atoms with E-state index in [1.807, 2.05) is 0 Å². The molecule has 1 aliphatic rings. The first-order chi connectivity index (χ1) is 7.74. The van der Waals surface area contributed by atoms with E-state index in [9.17, 15) is 14.9 Å². The largest absolute Gasteiger partial charge is 0.381 e. The molecule has 1 aromatic carbocycles. The number of hydrogen-bond acceptors (Lipinski definition) is 4. The Morgan fingerprint density at radius 3 is 2.06 bits per heavy atom. The molecule has 0 bridgehead atoms. The number of nitrogens with zero attached hydrogens (tertiary/aromatic N) is 1. The number of nitro groups is 1. The van der Waals surface area contributed by atoms with Crippen LogP contribution in [0.2, 0.25) is 0 Å². The lowest BCUT2D eigenvalue weighted by Crippen LogP contribution is -1.87. The van der Waals surface area contributed by atoms with Crippen LogP contribution >= 0.6 is 0 Å². The van der Waals surface area contributed by atoms with E-state index in [0.717, 1.165) is 13.2 Å². The van der Waals surface area contributed by atoms with Crippen LogP contribution in [0.25, 0.3) is 0 Å². The Hall–Kier alpha value is -1.75. The summed E-state index contributed by atoms with van der Waals surface area (Å²) < 4.78 is 4.94. The van der Waals surface area contributed by atoms with Crippen molar-refractivity contribution >= 4 is 12.0 Å². The highest BCUT2D eigenvalue weighted by Gasteiger charge is 2.02. The minimum Gasteiger partial charge on any atom is -0.381 e. The van der Waals surface area contributed by atoms with Crippen molar-refractivity contribution in [3.8, 4) is 0 Å². The van der Waals surface area contributed by atoms with Crippen LogP contribution in [0.15, 0.2) is 24.3 Å². The van der Waals surface area contributed by atoms with Crippen LogP contribution in [0.3, 0.4) is 0 Å². The number of carbonyl (C=O) groups excluding carboxylic acids is 1. The van der Waals surface area contributed by atoms with Crippen LogP contribution in [-0.2, 0) is 4.74 Å². The van der Waals surface area contributed by atoms with Crippen LogP contribution < -0.4 is 0 Å². The summed E-state index contributed by atoms with van der Waals surface area (Å²) in [6.07, 6.45) is 3.20. The van der Waals surface area contributed by atoms with Gasteiger partial charge < -0.3 is 4.74 Å². The maximum absolute atomic E-state index is 10.1. The van der Waals surface area contributed by atoms with Gasteiger partial charge in [0.05, 0.1) is 4.92 Å². The van der Waals surface area contributed by atoms with Gasteiger partial charge in [0.25, 0.3) is 5.69 Å². The number of aldehydes is 1. The summed E-state index contributed by atoms with van der Waals surface area (Å²) in [6, 6.07) is 5.41. The number of nitro benzene ring substituents is 1. The normalized spacial score (nSPS) is 13.8. The third-order valence-electron chi connectivity index (χ3n) is 2.07.